The summed E-state index contributed by atoms with van der Waals surface area (Å²) in [5.41, 5.74) is 13.2. The molecule has 0 bridgehead atoms. The predicted octanol–water partition coefficient (Wildman–Crippen LogP) is 6.15. The van der Waals surface area contributed by atoms with Crippen LogP contribution in [0.2, 0.25) is 0 Å². The van der Waals surface area contributed by atoms with Crippen molar-refractivity contribution in [3.05, 3.63) is 105 Å². The van der Waals surface area contributed by atoms with Crippen molar-refractivity contribution >= 4 is 11.6 Å². The van der Waals surface area contributed by atoms with E-state index in [1.807, 2.05) is 18.2 Å². The number of hydrazone groups is 1. The van der Waals surface area contributed by atoms with E-state index in [9.17, 15) is 4.79 Å². The summed E-state index contributed by atoms with van der Waals surface area (Å²) in [6.45, 7) is 11.0. The van der Waals surface area contributed by atoms with Crippen LogP contribution in [0.15, 0.2) is 65.8 Å². The maximum Gasteiger partial charge on any atom is 0.271 e. The Balaban J connectivity index is 1.76. The highest BCUT2D eigenvalue weighted by Gasteiger charge is 2.37. The minimum atomic E-state index is -0.180. The summed E-state index contributed by atoms with van der Waals surface area (Å²) in [5.74, 6) is -0.180. The van der Waals surface area contributed by atoms with Crippen LogP contribution in [-0.2, 0) is 5.41 Å². The molecule has 3 nitrogen and oxygen atoms in total. The van der Waals surface area contributed by atoms with Gasteiger partial charge in [-0.25, -0.2) is 5.43 Å². The van der Waals surface area contributed by atoms with Gasteiger partial charge in [0.05, 0.1) is 5.71 Å². The average Bonchev–Trinajstić information content (AvgIpc) is 2.77. The maximum atomic E-state index is 12.5. The zero-order chi connectivity index (χ0) is 22.2. The van der Waals surface area contributed by atoms with Crippen molar-refractivity contribution in [1.82, 2.24) is 5.43 Å². The number of carbonyl (C=O) groups is 1. The van der Waals surface area contributed by atoms with Crippen LogP contribution >= 0.6 is 0 Å². The third kappa shape index (κ3) is 3.93. The molecule has 0 spiro atoms. The Labute approximate surface area is 185 Å². The first kappa shape index (κ1) is 21.0. The highest BCUT2D eigenvalue weighted by molar-refractivity contribution is 6.05. The van der Waals surface area contributed by atoms with Crippen molar-refractivity contribution in [2.45, 2.75) is 52.9 Å². The van der Waals surface area contributed by atoms with Gasteiger partial charge in [0.15, 0.2) is 0 Å². The molecule has 3 heteroatoms. The second-order valence-corrected chi connectivity index (χ2v) is 8.98. The summed E-state index contributed by atoms with van der Waals surface area (Å²) in [6.07, 6.45) is 1.76. The van der Waals surface area contributed by atoms with Crippen molar-refractivity contribution < 1.29 is 4.79 Å². The van der Waals surface area contributed by atoms with Gasteiger partial charge in [0.25, 0.3) is 5.91 Å². The zero-order valence-electron chi connectivity index (χ0n) is 19.0. The molecule has 0 heterocycles. The number of hydrogen-bond donors (Lipinski definition) is 1. The van der Waals surface area contributed by atoms with Gasteiger partial charge in [0.2, 0.25) is 0 Å². The molecule has 158 valence electrons. The minimum absolute atomic E-state index is 0.0886. The SMILES string of the molecule is Cc1ccc([C@]2(C)CC/C(=N/NC(=O)c3ccccc3)c3cc(C)c(C)cc32)cc1C. The van der Waals surface area contributed by atoms with Crippen molar-refractivity contribution in [2.75, 3.05) is 0 Å². The number of nitrogens with one attached hydrogen (secondary N) is 1. The second-order valence-electron chi connectivity index (χ2n) is 8.98. The van der Waals surface area contributed by atoms with Crippen LogP contribution < -0.4 is 5.43 Å². The maximum absolute atomic E-state index is 12.5. The first-order valence-electron chi connectivity index (χ1n) is 10.9. The molecule has 0 unspecified atom stereocenters. The van der Waals surface area contributed by atoms with Crippen molar-refractivity contribution in [3.63, 3.8) is 0 Å². The minimum Gasteiger partial charge on any atom is -0.267 e. The Bertz CT molecular complexity index is 1180. The Kier molecular flexibility index (Phi) is 5.53. The number of nitrogens with zero attached hydrogens (tertiary/aromatic N) is 1. The summed E-state index contributed by atoms with van der Waals surface area (Å²) in [7, 11) is 0. The molecular formula is C28H30N2O. The Morgan fingerprint density at radius 2 is 1.55 bits per heavy atom. The van der Waals surface area contributed by atoms with E-state index in [1.54, 1.807) is 12.1 Å². The molecule has 1 atom stereocenters. The first-order chi connectivity index (χ1) is 14.8. The summed E-state index contributed by atoms with van der Waals surface area (Å²) in [4.78, 5) is 12.5. The number of benzene rings is 3. The van der Waals surface area contributed by atoms with Gasteiger partial charge < -0.3 is 0 Å². The van der Waals surface area contributed by atoms with Gasteiger partial charge in [-0.05, 0) is 92.1 Å². The summed E-state index contributed by atoms with van der Waals surface area (Å²) >= 11 is 0. The van der Waals surface area contributed by atoms with Crippen LogP contribution in [0.4, 0.5) is 0 Å². The lowest BCUT2D eigenvalue weighted by molar-refractivity contribution is 0.0954. The van der Waals surface area contributed by atoms with E-state index in [-0.39, 0.29) is 11.3 Å². The van der Waals surface area contributed by atoms with Gasteiger partial charge in [-0.2, -0.15) is 5.10 Å². The quantitative estimate of drug-likeness (QED) is 0.517. The lowest BCUT2D eigenvalue weighted by atomic mass is 9.66. The Morgan fingerprint density at radius 1 is 0.871 bits per heavy atom. The highest BCUT2D eigenvalue weighted by Crippen LogP contribution is 2.43. The lowest BCUT2D eigenvalue weighted by Gasteiger charge is -2.38. The molecule has 3 aromatic carbocycles. The van der Waals surface area contributed by atoms with Crippen LogP contribution in [-0.4, -0.2) is 11.6 Å². The van der Waals surface area contributed by atoms with Gasteiger partial charge >= 0.3 is 0 Å². The number of fused-ring (bicyclic) bond motifs is 1. The molecule has 0 radical (unpaired) electrons. The summed E-state index contributed by atoms with van der Waals surface area (Å²) in [6, 6.07) is 20.6. The fraction of sp³-hybridized carbons (Fsp3) is 0.286. The van der Waals surface area contributed by atoms with Crippen molar-refractivity contribution in [3.8, 4) is 0 Å². The van der Waals surface area contributed by atoms with Crippen LogP contribution in [0.3, 0.4) is 0 Å². The number of aryl methyl sites for hydroxylation is 4. The van der Waals surface area contributed by atoms with E-state index in [4.69, 9.17) is 0 Å². The molecule has 0 saturated heterocycles. The Morgan fingerprint density at radius 3 is 2.26 bits per heavy atom. The van der Waals surface area contributed by atoms with Crippen LogP contribution in [0.1, 0.15) is 69.1 Å². The lowest BCUT2D eigenvalue weighted by Crippen LogP contribution is -2.33. The fourth-order valence-electron chi connectivity index (χ4n) is 4.42. The molecule has 0 aromatic heterocycles. The van der Waals surface area contributed by atoms with E-state index >= 15 is 0 Å². The molecule has 4 rings (SSSR count). The van der Waals surface area contributed by atoms with E-state index in [0.29, 0.717) is 5.56 Å². The third-order valence-electron chi connectivity index (χ3n) is 6.87. The number of rotatable bonds is 3. The molecule has 3 aromatic rings. The molecule has 1 aliphatic rings. The molecule has 1 aliphatic carbocycles. The van der Waals surface area contributed by atoms with E-state index in [1.165, 1.54) is 33.4 Å². The van der Waals surface area contributed by atoms with Gasteiger partial charge in [0, 0.05) is 16.5 Å². The summed E-state index contributed by atoms with van der Waals surface area (Å²) in [5, 5.41) is 4.58. The molecular weight excluding hydrogens is 380 g/mol. The molecule has 1 N–H and O–H groups in total. The third-order valence-corrected chi connectivity index (χ3v) is 6.87. The van der Waals surface area contributed by atoms with Gasteiger partial charge in [0.1, 0.15) is 0 Å². The van der Waals surface area contributed by atoms with Gasteiger partial charge in [-0.15, -0.1) is 0 Å². The van der Waals surface area contributed by atoms with E-state index in [0.717, 1.165) is 24.1 Å². The van der Waals surface area contributed by atoms with Crippen LogP contribution in [0.5, 0.6) is 0 Å². The van der Waals surface area contributed by atoms with Crippen LogP contribution in [0.25, 0.3) is 0 Å². The molecule has 1 amide bonds. The van der Waals surface area contributed by atoms with E-state index in [2.05, 4.69) is 75.5 Å². The fourth-order valence-corrected chi connectivity index (χ4v) is 4.42. The molecule has 31 heavy (non-hydrogen) atoms. The summed E-state index contributed by atoms with van der Waals surface area (Å²) < 4.78 is 0. The van der Waals surface area contributed by atoms with E-state index < -0.39 is 0 Å². The Hall–Kier alpha value is -3.20. The number of amides is 1. The standard InChI is InChI=1S/C28H30N2O/c1-18-11-12-23(15-19(18)2)28(5)14-13-26(24-16-20(3)21(4)17-25(24)28)29-30-27(31)22-9-7-6-8-10-22/h6-12,15-17H,13-14H2,1-5H3,(H,30,31)/b29-26-/t28-/m0/s1. The number of hydrogen-bond acceptors (Lipinski definition) is 2. The van der Waals surface area contributed by atoms with Crippen LogP contribution in [0, 0.1) is 27.7 Å². The largest absolute Gasteiger partial charge is 0.271 e. The average molecular weight is 411 g/mol. The molecule has 0 saturated carbocycles. The van der Waals surface area contributed by atoms with Gasteiger partial charge in [-0.3, -0.25) is 4.79 Å². The van der Waals surface area contributed by atoms with Crippen molar-refractivity contribution in [1.29, 1.82) is 0 Å². The monoisotopic (exact) mass is 410 g/mol. The van der Waals surface area contributed by atoms with Crippen molar-refractivity contribution in [2.24, 2.45) is 5.10 Å². The second kappa shape index (κ2) is 8.14. The first-order valence-corrected chi connectivity index (χ1v) is 10.9. The molecule has 0 fully saturated rings. The zero-order valence-corrected chi connectivity index (χ0v) is 19.0. The smallest absolute Gasteiger partial charge is 0.267 e. The highest BCUT2D eigenvalue weighted by atomic mass is 16.2. The molecule has 0 aliphatic heterocycles. The number of carbonyl (C=O) groups excluding carboxylic acids is 1. The normalized spacial score (nSPS) is 19.2. The van der Waals surface area contributed by atoms with Gasteiger partial charge in [-0.1, -0.05) is 49.4 Å². The predicted molar refractivity (Wildman–Crippen MR) is 128 cm³/mol. The topological polar surface area (TPSA) is 41.5 Å².